The Bertz CT molecular complexity index is 326. The second-order valence-corrected chi connectivity index (χ2v) is 4.45. The van der Waals surface area contributed by atoms with Crippen molar-refractivity contribution >= 4 is 0 Å². The second kappa shape index (κ2) is 3.85. The highest BCUT2D eigenvalue weighted by Crippen LogP contribution is 2.35. The van der Waals surface area contributed by atoms with Crippen LogP contribution in [0.15, 0.2) is 12.4 Å². The molecule has 2 heterocycles. The Morgan fingerprint density at radius 2 is 2.07 bits per heavy atom. The third kappa shape index (κ3) is 2.15. The van der Waals surface area contributed by atoms with E-state index in [2.05, 4.69) is 10.4 Å². The molecule has 1 aliphatic heterocycles. The van der Waals surface area contributed by atoms with Gasteiger partial charge in [0.05, 0.1) is 18.4 Å². The van der Waals surface area contributed by atoms with Gasteiger partial charge >= 0.3 is 0 Å². The fourth-order valence-electron chi connectivity index (χ4n) is 2.03. The molecule has 1 aromatic heterocycles. The van der Waals surface area contributed by atoms with Crippen LogP contribution in [0.25, 0.3) is 0 Å². The first kappa shape index (κ1) is 9.21. The van der Waals surface area contributed by atoms with Gasteiger partial charge in [0.2, 0.25) is 0 Å². The Morgan fingerprint density at radius 1 is 1.27 bits per heavy atom. The molecule has 0 radical (unpaired) electrons. The number of rotatable bonds is 3. The monoisotopic (exact) mass is 207 g/mol. The van der Waals surface area contributed by atoms with E-state index in [1.807, 2.05) is 17.1 Å². The number of ether oxygens (including phenoxy) is 1. The maximum Gasteiger partial charge on any atom is 0.157 e. The van der Waals surface area contributed by atoms with Gasteiger partial charge in [-0.3, -0.25) is 4.68 Å². The molecule has 0 spiro atoms. The second-order valence-electron chi connectivity index (χ2n) is 4.45. The molecule has 4 nitrogen and oxygen atoms in total. The summed E-state index contributed by atoms with van der Waals surface area (Å²) in [6, 6.07) is 0.648. The van der Waals surface area contributed by atoms with Crippen LogP contribution in [0.3, 0.4) is 0 Å². The predicted molar refractivity (Wildman–Crippen MR) is 57.0 cm³/mol. The van der Waals surface area contributed by atoms with Gasteiger partial charge in [-0.25, -0.2) is 0 Å². The fourth-order valence-corrected chi connectivity index (χ4v) is 2.03. The van der Waals surface area contributed by atoms with Crippen LogP contribution < -0.4 is 10.1 Å². The van der Waals surface area contributed by atoms with Crippen LogP contribution in [-0.2, 0) is 0 Å². The van der Waals surface area contributed by atoms with Crippen LogP contribution in [0.1, 0.15) is 31.7 Å². The summed E-state index contributed by atoms with van der Waals surface area (Å²) in [6.07, 6.45) is 9.02. The van der Waals surface area contributed by atoms with Crippen molar-refractivity contribution in [3.8, 4) is 5.75 Å². The van der Waals surface area contributed by atoms with Gasteiger partial charge in [-0.2, -0.15) is 5.10 Å². The summed E-state index contributed by atoms with van der Waals surface area (Å²) in [4.78, 5) is 0. The summed E-state index contributed by atoms with van der Waals surface area (Å²) in [5.74, 6) is 0.939. The molecule has 1 aromatic rings. The highest BCUT2D eigenvalue weighted by atomic mass is 16.5. The van der Waals surface area contributed by atoms with Crippen LogP contribution in [0.2, 0.25) is 0 Å². The fraction of sp³-hybridized carbons (Fsp3) is 0.727. The molecule has 1 aliphatic carbocycles. The quantitative estimate of drug-likeness (QED) is 0.813. The minimum absolute atomic E-state index is 0.378. The number of nitrogens with zero attached hydrogens (tertiary/aromatic N) is 2. The van der Waals surface area contributed by atoms with Crippen molar-refractivity contribution in [3.05, 3.63) is 12.4 Å². The molecule has 1 saturated heterocycles. The number of aromatic nitrogens is 2. The predicted octanol–water partition coefficient (Wildman–Crippen LogP) is 1.35. The van der Waals surface area contributed by atoms with Gasteiger partial charge in [-0.1, -0.05) is 0 Å². The van der Waals surface area contributed by atoms with Crippen LogP contribution >= 0.6 is 0 Å². The minimum atomic E-state index is 0.378. The molecule has 0 unspecified atom stereocenters. The lowest BCUT2D eigenvalue weighted by molar-refractivity contribution is 0.162. The molecule has 2 fully saturated rings. The summed E-state index contributed by atoms with van der Waals surface area (Å²) in [5, 5.41) is 7.65. The summed E-state index contributed by atoms with van der Waals surface area (Å²) < 4.78 is 7.93. The highest BCUT2D eigenvalue weighted by molar-refractivity contribution is 5.13. The van der Waals surface area contributed by atoms with E-state index in [1.165, 1.54) is 12.8 Å². The molecule has 0 aromatic carbocycles. The Labute approximate surface area is 89.6 Å². The highest BCUT2D eigenvalue weighted by Gasteiger charge is 2.25. The van der Waals surface area contributed by atoms with E-state index in [0.29, 0.717) is 12.1 Å². The van der Waals surface area contributed by atoms with Crippen molar-refractivity contribution in [1.29, 1.82) is 0 Å². The average Bonchev–Trinajstić information content (AvgIpc) is 3.02. The molecule has 0 atom stereocenters. The lowest BCUT2D eigenvalue weighted by atomic mass is 10.1. The molecular weight excluding hydrogens is 190 g/mol. The van der Waals surface area contributed by atoms with Gasteiger partial charge in [-0.15, -0.1) is 0 Å². The summed E-state index contributed by atoms with van der Waals surface area (Å²) in [6.45, 7) is 2.14. The van der Waals surface area contributed by atoms with Crippen LogP contribution in [0, 0.1) is 0 Å². The van der Waals surface area contributed by atoms with E-state index in [-0.39, 0.29) is 0 Å². The number of nitrogens with one attached hydrogen (secondary N) is 1. The molecular formula is C11H17N3O. The Morgan fingerprint density at radius 3 is 2.80 bits per heavy atom. The Kier molecular flexibility index (Phi) is 2.37. The molecule has 4 heteroatoms. The van der Waals surface area contributed by atoms with Crippen LogP contribution in [0.4, 0.5) is 0 Å². The number of hydrogen-bond acceptors (Lipinski definition) is 3. The van der Waals surface area contributed by atoms with E-state index in [9.17, 15) is 0 Å². The first-order valence-electron chi connectivity index (χ1n) is 5.83. The topological polar surface area (TPSA) is 39.1 Å². The van der Waals surface area contributed by atoms with Gasteiger partial charge in [0.1, 0.15) is 6.10 Å². The van der Waals surface area contributed by atoms with E-state index >= 15 is 0 Å². The van der Waals surface area contributed by atoms with Crippen molar-refractivity contribution in [2.24, 2.45) is 0 Å². The largest absolute Gasteiger partial charge is 0.487 e. The van der Waals surface area contributed by atoms with Crippen molar-refractivity contribution in [3.63, 3.8) is 0 Å². The Hall–Kier alpha value is -1.03. The van der Waals surface area contributed by atoms with Crippen molar-refractivity contribution < 1.29 is 4.74 Å². The maximum atomic E-state index is 5.89. The van der Waals surface area contributed by atoms with E-state index in [1.54, 1.807) is 0 Å². The molecule has 2 aliphatic rings. The smallest absolute Gasteiger partial charge is 0.157 e. The van der Waals surface area contributed by atoms with Crippen molar-refractivity contribution in [2.45, 2.75) is 37.8 Å². The SMILES string of the molecule is c1nn(C2CC2)cc1OC1CCNCC1. The zero-order chi connectivity index (χ0) is 10.1. The third-order valence-corrected chi connectivity index (χ3v) is 3.09. The maximum absolute atomic E-state index is 5.89. The van der Waals surface area contributed by atoms with Gasteiger partial charge in [0.15, 0.2) is 5.75 Å². The van der Waals surface area contributed by atoms with Gasteiger partial charge in [-0.05, 0) is 38.8 Å². The zero-order valence-corrected chi connectivity index (χ0v) is 8.85. The molecule has 82 valence electrons. The van der Waals surface area contributed by atoms with Gasteiger partial charge < -0.3 is 10.1 Å². The van der Waals surface area contributed by atoms with Crippen molar-refractivity contribution in [2.75, 3.05) is 13.1 Å². The first-order valence-corrected chi connectivity index (χ1v) is 5.83. The summed E-state index contributed by atoms with van der Waals surface area (Å²) in [5.41, 5.74) is 0. The summed E-state index contributed by atoms with van der Waals surface area (Å²) in [7, 11) is 0. The molecule has 0 bridgehead atoms. The van der Waals surface area contributed by atoms with E-state index in [4.69, 9.17) is 4.74 Å². The van der Waals surface area contributed by atoms with Gasteiger partial charge in [0.25, 0.3) is 0 Å². The molecule has 3 rings (SSSR count). The lowest BCUT2D eigenvalue weighted by Crippen LogP contribution is -2.34. The number of hydrogen-bond donors (Lipinski definition) is 1. The molecule has 15 heavy (non-hydrogen) atoms. The lowest BCUT2D eigenvalue weighted by Gasteiger charge is -2.22. The van der Waals surface area contributed by atoms with Crippen LogP contribution in [0.5, 0.6) is 5.75 Å². The normalized spacial score (nSPS) is 22.9. The first-order chi connectivity index (χ1) is 7.42. The molecule has 1 N–H and O–H groups in total. The van der Waals surface area contributed by atoms with Crippen LogP contribution in [-0.4, -0.2) is 29.0 Å². The standard InChI is InChI=1S/C11H17N3O/c1-2-9(1)14-8-11(7-13-14)15-10-3-5-12-6-4-10/h7-10,12H,1-6H2. The zero-order valence-electron chi connectivity index (χ0n) is 8.85. The summed E-state index contributed by atoms with van der Waals surface area (Å²) >= 11 is 0. The molecule has 1 saturated carbocycles. The average molecular weight is 207 g/mol. The third-order valence-electron chi connectivity index (χ3n) is 3.09. The van der Waals surface area contributed by atoms with E-state index in [0.717, 1.165) is 31.7 Å². The molecule has 0 amide bonds. The van der Waals surface area contributed by atoms with Crippen molar-refractivity contribution in [1.82, 2.24) is 15.1 Å². The minimum Gasteiger partial charge on any atom is -0.487 e. The van der Waals surface area contributed by atoms with E-state index < -0.39 is 0 Å². The number of piperidine rings is 1. The Balaban J connectivity index is 1.60. The van der Waals surface area contributed by atoms with Gasteiger partial charge in [0, 0.05) is 0 Å².